The summed E-state index contributed by atoms with van der Waals surface area (Å²) in [7, 11) is 0. The summed E-state index contributed by atoms with van der Waals surface area (Å²) in [6.45, 7) is 3.24. The molecule has 0 aromatic heterocycles. The Kier molecular flexibility index (Phi) is 20.6. The monoisotopic (exact) mass is 536 g/mol. The van der Waals surface area contributed by atoms with Gasteiger partial charge in [-0.1, -0.05) is 6.42 Å². The minimum absolute atomic E-state index is 0.0129. The second kappa shape index (κ2) is 21.1. The Morgan fingerprint density at radius 1 is 0.973 bits per heavy atom. The van der Waals surface area contributed by atoms with E-state index in [1.54, 1.807) is 0 Å². The first kappa shape index (κ1) is 36.1. The van der Waals surface area contributed by atoms with Gasteiger partial charge in [-0.15, -0.1) is 0 Å². The summed E-state index contributed by atoms with van der Waals surface area (Å²) >= 11 is 0. The Morgan fingerprint density at radius 2 is 1.57 bits per heavy atom. The first-order chi connectivity index (χ1) is 17.2. The Morgan fingerprint density at radius 3 is 1.97 bits per heavy atom. The Bertz CT molecular complexity index is 715. The third-order valence-corrected chi connectivity index (χ3v) is 5.01. The van der Waals surface area contributed by atoms with Gasteiger partial charge in [0.2, 0.25) is 0 Å². The van der Waals surface area contributed by atoms with Crippen molar-refractivity contribution in [2.45, 2.75) is 82.1 Å². The van der Waals surface area contributed by atoms with Gasteiger partial charge >= 0.3 is 23.9 Å². The fourth-order valence-corrected chi connectivity index (χ4v) is 2.71. The van der Waals surface area contributed by atoms with Crippen molar-refractivity contribution in [1.29, 1.82) is 0 Å². The number of unbranched alkanes of at least 4 members (excludes halogenated alkanes) is 1. The number of nitrogens with two attached hydrogens (primary N) is 6. The highest BCUT2D eigenvalue weighted by molar-refractivity contribution is 5.78. The standard InChI is InChI=1S/C10H21N3O4.C6H14N4O2.C5H9NO2/c1-6(8(13)9(14)15)17-10(16)7(12)4-2-3-5-11;7-4(5(11)12)2-1-3-10-6(8)9;7-5(8)4-2-1-3-6-4/h6-8H,2-5,11-13H2,1H3,(H,14,15);4H,1-3,7H2,(H,11,12)(H4,8,9,10);4,6H,1-3H2,(H,7,8)/t6-,7+,8+;2*4-/m100/s1. The van der Waals surface area contributed by atoms with E-state index >= 15 is 0 Å². The lowest BCUT2D eigenvalue weighted by molar-refractivity contribution is -0.155. The SMILES string of the molecule is C[C@@H](OC(=O)[C@@H](N)CCCCN)[C@H](N)C(=O)O.NC(N)=NCCC[C@H](N)C(=O)O.O=C(O)[C@@H]1CCCN1. The zero-order valence-corrected chi connectivity index (χ0v) is 21.3. The summed E-state index contributed by atoms with van der Waals surface area (Å²) in [6.07, 6.45) is 3.81. The predicted octanol–water partition coefficient (Wildman–Crippen LogP) is -2.94. The van der Waals surface area contributed by atoms with Gasteiger partial charge in [-0.3, -0.25) is 24.2 Å². The number of aliphatic carboxylic acids is 3. The van der Waals surface area contributed by atoms with E-state index in [9.17, 15) is 19.2 Å². The second-order valence-electron chi connectivity index (χ2n) is 8.28. The number of carbonyl (C=O) groups is 4. The number of aliphatic imine (C=N–C) groups is 1. The van der Waals surface area contributed by atoms with Crippen LogP contribution in [0.5, 0.6) is 0 Å². The molecule has 1 aliphatic heterocycles. The minimum Gasteiger partial charge on any atom is -0.480 e. The third-order valence-electron chi connectivity index (χ3n) is 5.01. The summed E-state index contributed by atoms with van der Waals surface area (Å²) in [4.78, 5) is 46.0. The molecule has 1 saturated heterocycles. The van der Waals surface area contributed by atoms with Crippen LogP contribution in [-0.4, -0.2) is 95.1 Å². The number of rotatable bonds is 14. The largest absolute Gasteiger partial charge is 0.480 e. The van der Waals surface area contributed by atoms with E-state index in [2.05, 4.69) is 10.3 Å². The van der Waals surface area contributed by atoms with Gasteiger partial charge in [0, 0.05) is 6.54 Å². The van der Waals surface area contributed by atoms with Crippen molar-refractivity contribution in [2.75, 3.05) is 19.6 Å². The molecular weight excluding hydrogens is 492 g/mol. The van der Waals surface area contributed by atoms with Crippen LogP contribution >= 0.6 is 0 Å². The van der Waals surface area contributed by atoms with Crippen LogP contribution in [0, 0.1) is 0 Å². The van der Waals surface area contributed by atoms with Crippen molar-refractivity contribution in [2.24, 2.45) is 39.4 Å². The Balaban J connectivity index is 0. The van der Waals surface area contributed by atoms with Crippen molar-refractivity contribution < 1.29 is 39.2 Å². The summed E-state index contributed by atoms with van der Waals surface area (Å²) in [5, 5.41) is 28.2. The molecular formula is C21H44N8O8. The van der Waals surface area contributed by atoms with Crippen LogP contribution in [0.1, 0.15) is 51.9 Å². The molecule has 1 aliphatic rings. The first-order valence-electron chi connectivity index (χ1n) is 11.9. The van der Waals surface area contributed by atoms with Gasteiger partial charge in [-0.2, -0.15) is 0 Å². The van der Waals surface area contributed by atoms with Gasteiger partial charge in [0.1, 0.15) is 30.3 Å². The molecule has 0 aliphatic carbocycles. The highest BCUT2D eigenvalue weighted by atomic mass is 16.5. The molecule has 16 heteroatoms. The van der Waals surface area contributed by atoms with E-state index in [0.29, 0.717) is 32.4 Å². The molecule has 1 heterocycles. The number of guanidine groups is 1. The van der Waals surface area contributed by atoms with E-state index in [4.69, 9.17) is 54.5 Å². The number of esters is 1. The lowest BCUT2D eigenvalue weighted by Crippen LogP contribution is -2.45. The lowest BCUT2D eigenvalue weighted by atomic mass is 10.1. The predicted molar refractivity (Wildman–Crippen MR) is 136 cm³/mol. The van der Waals surface area contributed by atoms with E-state index in [1.165, 1.54) is 6.92 Å². The van der Waals surface area contributed by atoms with Crippen LogP contribution in [0.4, 0.5) is 0 Å². The number of ether oxygens (including phenoxy) is 1. The molecule has 0 unspecified atom stereocenters. The van der Waals surface area contributed by atoms with Gasteiger partial charge in [-0.25, -0.2) is 0 Å². The maximum Gasteiger partial charge on any atom is 0.324 e. The van der Waals surface area contributed by atoms with Crippen molar-refractivity contribution in [3.05, 3.63) is 0 Å². The molecule has 37 heavy (non-hydrogen) atoms. The molecule has 216 valence electrons. The molecule has 0 aromatic rings. The maximum atomic E-state index is 11.4. The smallest absolute Gasteiger partial charge is 0.324 e. The van der Waals surface area contributed by atoms with E-state index in [-0.39, 0.29) is 12.0 Å². The number of carbonyl (C=O) groups excluding carboxylic acids is 1. The molecule has 0 spiro atoms. The number of hydrogen-bond acceptors (Lipinski definition) is 11. The van der Waals surface area contributed by atoms with Crippen molar-refractivity contribution in [1.82, 2.24) is 5.32 Å². The maximum absolute atomic E-state index is 11.4. The minimum atomic E-state index is -1.24. The number of carboxylic acids is 3. The molecule has 0 saturated carbocycles. The summed E-state index contributed by atoms with van der Waals surface area (Å²) in [6, 6.07) is -3.09. The van der Waals surface area contributed by atoms with Crippen LogP contribution in [0.2, 0.25) is 0 Å². The lowest BCUT2D eigenvalue weighted by Gasteiger charge is -2.19. The van der Waals surface area contributed by atoms with Crippen LogP contribution in [-0.2, 0) is 23.9 Å². The topological polar surface area (TPSA) is 319 Å². The number of hydrogen-bond donors (Lipinski definition) is 10. The molecule has 0 bridgehead atoms. The molecule has 1 rings (SSSR count). The van der Waals surface area contributed by atoms with Crippen LogP contribution in [0.25, 0.3) is 0 Å². The second-order valence-corrected chi connectivity index (χ2v) is 8.28. The summed E-state index contributed by atoms with van der Waals surface area (Å²) < 4.78 is 4.86. The molecule has 16 N–H and O–H groups in total. The molecule has 0 radical (unpaired) electrons. The van der Waals surface area contributed by atoms with Gasteiger partial charge in [0.05, 0.1) is 0 Å². The molecule has 0 aromatic carbocycles. The average Bonchev–Trinajstić information content (AvgIpc) is 3.37. The quantitative estimate of drug-likeness (QED) is 0.0459. The van der Waals surface area contributed by atoms with E-state index in [0.717, 1.165) is 32.2 Å². The highest BCUT2D eigenvalue weighted by Gasteiger charge is 2.25. The fourth-order valence-electron chi connectivity index (χ4n) is 2.71. The molecule has 16 nitrogen and oxygen atoms in total. The van der Waals surface area contributed by atoms with E-state index < -0.39 is 48.1 Å². The summed E-state index contributed by atoms with van der Waals surface area (Å²) in [5.41, 5.74) is 31.5. The fraction of sp³-hybridized carbons (Fsp3) is 0.762. The Hall–Kier alpha value is -3.05. The van der Waals surface area contributed by atoms with E-state index in [1.807, 2.05) is 0 Å². The number of nitrogens with zero attached hydrogens (tertiary/aromatic N) is 1. The van der Waals surface area contributed by atoms with Gasteiger partial charge in [0.25, 0.3) is 0 Å². The van der Waals surface area contributed by atoms with Crippen molar-refractivity contribution >= 4 is 29.8 Å². The van der Waals surface area contributed by atoms with Gasteiger partial charge in [0.15, 0.2) is 5.96 Å². The van der Waals surface area contributed by atoms with Crippen LogP contribution < -0.4 is 39.7 Å². The molecule has 0 amide bonds. The molecule has 5 atom stereocenters. The van der Waals surface area contributed by atoms with Gasteiger partial charge in [-0.05, 0) is 58.5 Å². The number of nitrogens with one attached hydrogen (secondary N) is 1. The normalized spacial score (nSPS) is 17.4. The van der Waals surface area contributed by atoms with Gasteiger partial charge < -0.3 is 59.8 Å². The zero-order valence-electron chi connectivity index (χ0n) is 21.3. The van der Waals surface area contributed by atoms with Crippen molar-refractivity contribution in [3.8, 4) is 0 Å². The highest BCUT2D eigenvalue weighted by Crippen LogP contribution is 2.04. The number of carboxylic acid groups (broad SMARTS) is 3. The third kappa shape index (κ3) is 19.8. The molecule has 1 fully saturated rings. The van der Waals surface area contributed by atoms with Crippen molar-refractivity contribution in [3.63, 3.8) is 0 Å². The van der Waals surface area contributed by atoms with Crippen LogP contribution in [0.15, 0.2) is 4.99 Å². The van der Waals surface area contributed by atoms with Crippen LogP contribution in [0.3, 0.4) is 0 Å². The summed E-state index contributed by atoms with van der Waals surface area (Å²) in [5.74, 6) is -3.56. The Labute approximate surface area is 216 Å². The first-order valence-corrected chi connectivity index (χ1v) is 11.9. The zero-order chi connectivity index (χ0) is 29.0. The average molecular weight is 537 g/mol.